The Morgan fingerprint density at radius 1 is 1.03 bits per heavy atom. The lowest BCUT2D eigenvalue weighted by Crippen LogP contribution is -2.35. The van der Waals surface area contributed by atoms with Gasteiger partial charge < -0.3 is 13.7 Å². The number of aromatic nitrogens is 1. The van der Waals surface area contributed by atoms with E-state index in [0.717, 1.165) is 16.6 Å². The first-order valence-electron chi connectivity index (χ1n) is 11.1. The fourth-order valence-electron chi connectivity index (χ4n) is 5.16. The van der Waals surface area contributed by atoms with Crippen LogP contribution in [0.15, 0.2) is 50.8 Å². The van der Waals surface area contributed by atoms with Gasteiger partial charge in [-0.15, -0.1) is 0 Å². The highest BCUT2D eigenvalue weighted by Crippen LogP contribution is 2.44. The molecule has 0 N–H and O–H groups in total. The molecule has 0 bridgehead atoms. The molecule has 31 heavy (non-hydrogen) atoms. The molecule has 0 radical (unpaired) electrons. The van der Waals surface area contributed by atoms with Crippen molar-refractivity contribution < 1.29 is 9.15 Å². The van der Waals surface area contributed by atoms with Crippen molar-refractivity contribution in [2.24, 2.45) is 7.05 Å². The predicted molar refractivity (Wildman–Crippen MR) is 123 cm³/mol. The fraction of sp³-hybridized carbons (Fsp3) is 0.385. The van der Waals surface area contributed by atoms with Crippen LogP contribution in [0.25, 0.3) is 33.3 Å². The van der Waals surface area contributed by atoms with Crippen LogP contribution in [0.2, 0.25) is 0 Å². The van der Waals surface area contributed by atoms with Crippen LogP contribution in [-0.2, 0) is 7.05 Å². The Labute approximate surface area is 180 Å². The van der Waals surface area contributed by atoms with E-state index < -0.39 is 10.9 Å². The summed E-state index contributed by atoms with van der Waals surface area (Å²) in [7, 11) is 2.06. The van der Waals surface area contributed by atoms with Crippen LogP contribution < -0.4 is 15.6 Å². The normalized spacial score (nSPS) is 15.4. The molecule has 5 nitrogen and oxygen atoms in total. The molecule has 2 aromatic heterocycles. The molecule has 1 aliphatic carbocycles. The van der Waals surface area contributed by atoms with Crippen molar-refractivity contribution in [2.75, 3.05) is 0 Å². The van der Waals surface area contributed by atoms with Gasteiger partial charge in [-0.05, 0) is 55.9 Å². The highest BCUT2D eigenvalue weighted by molar-refractivity contribution is 5.95. The lowest BCUT2D eigenvalue weighted by Gasteiger charge is -2.23. The van der Waals surface area contributed by atoms with Crippen molar-refractivity contribution in [1.29, 1.82) is 0 Å². The topological polar surface area (TPSA) is 61.4 Å². The zero-order valence-corrected chi connectivity index (χ0v) is 18.2. The standard InChI is InChI=1S/C26H27NO4/c1-15(2)31-26-22(24(28)25(26)29)17-9-10-19-20(13-17)27(3)23(18-11-12-30-14-18)21(19)16-7-5-4-6-8-16/h9-16H,4-8H2,1-3H3. The zero-order chi connectivity index (χ0) is 21.7. The van der Waals surface area contributed by atoms with Crippen LogP contribution in [0, 0.1) is 0 Å². The van der Waals surface area contributed by atoms with Crippen LogP contribution in [0.3, 0.4) is 0 Å². The van der Waals surface area contributed by atoms with Gasteiger partial charge >= 0.3 is 0 Å². The maximum atomic E-state index is 12.4. The molecule has 0 aliphatic heterocycles. The lowest BCUT2D eigenvalue weighted by atomic mass is 9.82. The molecule has 1 saturated carbocycles. The fourth-order valence-corrected chi connectivity index (χ4v) is 5.16. The molecule has 0 unspecified atom stereocenters. The Morgan fingerprint density at radius 2 is 1.81 bits per heavy atom. The Balaban J connectivity index is 1.71. The monoisotopic (exact) mass is 417 g/mol. The average molecular weight is 418 g/mol. The van der Waals surface area contributed by atoms with Gasteiger partial charge in [0.1, 0.15) is 0 Å². The molecule has 1 aliphatic rings. The van der Waals surface area contributed by atoms with Gasteiger partial charge in [-0.1, -0.05) is 31.4 Å². The largest absolute Gasteiger partial charge is 0.486 e. The van der Waals surface area contributed by atoms with E-state index >= 15 is 0 Å². The second-order valence-electron chi connectivity index (χ2n) is 8.93. The first kappa shape index (κ1) is 19.9. The maximum absolute atomic E-state index is 12.4. The molecule has 5 rings (SSSR count). The summed E-state index contributed by atoms with van der Waals surface area (Å²) in [5, 5.41) is 1.21. The van der Waals surface area contributed by atoms with E-state index in [1.165, 1.54) is 48.7 Å². The smallest absolute Gasteiger partial charge is 0.268 e. The Hall–Kier alpha value is -3.08. The molecule has 5 heteroatoms. The summed E-state index contributed by atoms with van der Waals surface area (Å²) in [4.78, 5) is 24.5. The number of rotatable bonds is 5. The molecule has 160 valence electrons. The first-order valence-corrected chi connectivity index (χ1v) is 11.1. The molecule has 0 spiro atoms. The summed E-state index contributed by atoms with van der Waals surface area (Å²) in [6, 6.07) is 8.09. The maximum Gasteiger partial charge on any atom is 0.268 e. The van der Waals surface area contributed by atoms with Gasteiger partial charge in [-0.25, -0.2) is 0 Å². The van der Waals surface area contributed by atoms with E-state index in [2.05, 4.69) is 17.7 Å². The molecule has 0 atom stereocenters. The van der Waals surface area contributed by atoms with Crippen molar-refractivity contribution in [2.45, 2.75) is 58.0 Å². The number of aryl methyl sites for hydroxylation is 1. The second kappa shape index (κ2) is 7.56. The zero-order valence-electron chi connectivity index (χ0n) is 18.2. The molecule has 0 saturated heterocycles. The number of furan rings is 1. The average Bonchev–Trinajstić information content (AvgIpc) is 3.40. The minimum atomic E-state index is -0.530. The summed E-state index contributed by atoms with van der Waals surface area (Å²) in [5.74, 6) is 0.704. The Kier molecular flexibility index (Phi) is 4.84. The van der Waals surface area contributed by atoms with E-state index in [1.54, 1.807) is 12.5 Å². The molecule has 0 amide bonds. The van der Waals surface area contributed by atoms with Crippen molar-refractivity contribution in [3.05, 3.63) is 62.8 Å². The number of hydrogen-bond acceptors (Lipinski definition) is 4. The van der Waals surface area contributed by atoms with E-state index in [0.29, 0.717) is 11.5 Å². The van der Waals surface area contributed by atoms with Crippen molar-refractivity contribution in [1.82, 2.24) is 4.57 Å². The number of ether oxygens (including phenoxy) is 1. The minimum absolute atomic E-state index is 0.161. The molecule has 1 fully saturated rings. The van der Waals surface area contributed by atoms with Gasteiger partial charge in [0.25, 0.3) is 5.43 Å². The SMILES string of the molecule is CC(C)Oc1c(-c2ccc3c(C4CCCCC4)c(-c4ccoc4)n(C)c3c2)c(=O)c1=O. The molecular weight excluding hydrogens is 390 g/mol. The minimum Gasteiger partial charge on any atom is -0.486 e. The van der Waals surface area contributed by atoms with Gasteiger partial charge in [0.2, 0.25) is 5.43 Å². The highest BCUT2D eigenvalue weighted by atomic mass is 16.5. The van der Waals surface area contributed by atoms with E-state index in [4.69, 9.17) is 9.15 Å². The van der Waals surface area contributed by atoms with Crippen LogP contribution in [0.5, 0.6) is 5.75 Å². The highest BCUT2D eigenvalue weighted by Gasteiger charge is 2.28. The molecular formula is C26H27NO4. The number of fused-ring (bicyclic) bond motifs is 1. The van der Waals surface area contributed by atoms with Crippen molar-refractivity contribution in [3.63, 3.8) is 0 Å². The van der Waals surface area contributed by atoms with Crippen molar-refractivity contribution in [3.8, 4) is 28.1 Å². The van der Waals surface area contributed by atoms with Gasteiger partial charge in [0.15, 0.2) is 5.75 Å². The van der Waals surface area contributed by atoms with Crippen LogP contribution in [-0.4, -0.2) is 10.7 Å². The van der Waals surface area contributed by atoms with E-state index in [9.17, 15) is 9.59 Å². The molecule has 2 aromatic carbocycles. The van der Waals surface area contributed by atoms with Crippen LogP contribution in [0.4, 0.5) is 0 Å². The predicted octanol–water partition coefficient (Wildman–Crippen LogP) is 5.54. The molecule has 4 aromatic rings. The second-order valence-corrected chi connectivity index (χ2v) is 8.93. The third kappa shape index (κ3) is 3.14. The van der Waals surface area contributed by atoms with Gasteiger partial charge in [0, 0.05) is 23.5 Å². The molecule has 2 heterocycles. The quantitative estimate of drug-likeness (QED) is 0.400. The van der Waals surface area contributed by atoms with Gasteiger partial charge in [0.05, 0.1) is 29.9 Å². The Bertz CT molecular complexity index is 1310. The summed E-state index contributed by atoms with van der Waals surface area (Å²) >= 11 is 0. The summed E-state index contributed by atoms with van der Waals surface area (Å²) in [6.45, 7) is 3.71. The number of hydrogen-bond donors (Lipinski definition) is 0. The summed E-state index contributed by atoms with van der Waals surface area (Å²) in [5.41, 5.74) is 4.81. The third-order valence-corrected chi connectivity index (χ3v) is 6.56. The summed E-state index contributed by atoms with van der Waals surface area (Å²) < 4.78 is 13.3. The van der Waals surface area contributed by atoms with Crippen LogP contribution in [0.1, 0.15) is 57.4 Å². The first-order chi connectivity index (χ1) is 15.0. The van der Waals surface area contributed by atoms with E-state index in [1.807, 2.05) is 32.0 Å². The number of benzene rings is 1. The van der Waals surface area contributed by atoms with Crippen LogP contribution >= 0.6 is 0 Å². The lowest BCUT2D eigenvalue weighted by molar-refractivity contribution is 0.238. The number of nitrogens with zero attached hydrogens (tertiary/aromatic N) is 1. The third-order valence-electron chi connectivity index (χ3n) is 6.56. The van der Waals surface area contributed by atoms with Crippen molar-refractivity contribution >= 4 is 10.9 Å². The van der Waals surface area contributed by atoms with E-state index in [-0.39, 0.29) is 11.9 Å². The van der Waals surface area contributed by atoms with Gasteiger partial charge in [-0.2, -0.15) is 0 Å². The van der Waals surface area contributed by atoms with Gasteiger partial charge in [-0.3, -0.25) is 9.59 Å². The Morgan fingerprint density at radius 3 is 2.48 bits per heavy atom. The summed E-state index contributed by atoms with van der Waals surface area (Å²) in [6.07, 6.45) is 9.54.